The monoisotopic (exact) mass is 496 g/mol. The molecule has 2 amide bonds. The van der Waals surface area contributed by atoms with E-state index in [1.165, 1.54) is 24.1 Å². The lowest BCUT2D eigenvalue weighted by molar-refractivity contribution is -0.122. The molecule has 0 unspecified atom stereocenters. The molecule has 3 heterocycles. The van der Waals surface area contributed by atoms with Crippen molar-refractivity contribution in [2.24, 2.45) is 4.40 Å². The third-order valence-corrected chi connectivity index (χ3v) is 6.62. The number of nitrogens with one attached hydrogen (secondary N) is 2. The van der Waals surface area contributed by atoms with Gasteiger partial charge in [-0.25, -0.2) is 4.31 Å². The van der Waals surface area contributed by atoms with E-state index in [-0.39, 0.29) is 36.2 Å². The minimum atomic E-state index is -4.09. The van der Waals surface area contributed by atoms with Crippen molar-refractivity contribution in [2.45, 2.75) is 26.9 Å². The smallest absolute Gasteiger partial charge is 0.345 e. The molecule has 0 atom stereocenters. The molecule has 0 saturated heterocycles. The first kappa shape index (κ1) is 24.0. The summed E-state index contributed by atoms with van der Waals surface area (Å²) in [4.78, 5) is 25.2. The van der Waals surface area contributed by atoms with Gasteiger partial charge in [-0.3, -0.25) is 14.3 Å². The van der Waals surface area contributed by atoms with E-state index in [2.05, 4.69) is 20.1 Å². The van der Waals surface area contributed by atoms with E-state index in [1.807, 2.05) is 19.1 Å². The summed E-state index contributed by atoms with van der Waals surface area (Å²) in [5.74, 6) is -0.165. The largest absolute Gasteiger partial charge is 0.467 e. The number of aromatic nitrogens is 2. The van der Waals surface area contributed by atoms with Crippen molar-refractivity contribution in [3.05, 3.63) is 83.1 Å². The maximum atomic E-state index is 13.0. The molecule has 2 N–H and O–H groups in total. The van der Waals surface area contributed by atoms with Crippen LogP contribution in [0.1, 0.15) is 22.6 Å². The van der Waals surface area contributed by atoms with E-state index in [1.54, 1.807) is 37.3 Å². The van der Waals surface area contributed by atoms with Gasteiger partial charge in [-0.2, -0.15) is 13.5 Å². The van der Waals surface area contributed by atoms with E-state index in [9.17, 15) is 18.0 Å². The molecule has 35 heavy (non-hydrogen) atoms. The number of carbonyl (C=O) groups is 2. The Hall–Kier alpha value is -4.19. The minimum Gasteiger partial charge on any atom is -0.467 e. The Bertz CT molecular complexity index is 1420. The molecule has 0 aliphatic carbocycles. The highest BCUT2D eigenvalue weighted by atomic mass is 32.2. The fraction of sp³-hybridized carbons (Fsp3) is 0.217. The highest BCUT2D eigenvalue weighted by Crippen LogP contribution is 2.21. The number of carbonyl (C=O) groups excluding carboxylic acids is 2. The lowest BCUT2D eigenvalue weighted by atomic mass is 10.1. The molecule has 0 radical (unpaired) electrons. The zero-order valence-electron chi connectivity index (χ0n) is 19.3. The summed E-state index contributed by atoms with van der Waals surface area (Å²) >= 11 is 0. The molecular weight excluding hydrogens is 472 g/mol. The Morgan fingerprint density at radius 3 is 2.54 bits per heavy atom. The predicted octanol–water partition coefficient (Wildman–Crippen LogP) is 1.91. The van der Waals surface area contributed by atoms with Gasteiger partial charge in [0, 0.05) is 24.4 Å². The summed E-state index contributed by atoms with van der Waals surface area (Å²) in [5, 5.41) is 9.58. The Morgan fingerprint density at radius 1 is 1.11 bits per heavy atom. The number of rotatable bonds is 7. The van der Waals surface area contributed by atoms with Crippen LogP contribution in [0.2, 0.25) is 0 Å². The van der Waals surface area contributed by atoms with Crippen LogP contribution in [0.5, 0.6) is 0 Å². The van der Waals surface area contributed by atoms with Crippen LogP contribution < -0.4 is 10.6 Å². The zero-order valence-corrected chi connectivity index (χ0v) is 20.2. The molecule has 1 aliphatic heterocycles. The van der Waals surface area contributed by atoms with Gasteiger partial charge in [0.05, 0.1) is 18.5 Å². The molecule has 12 heteroatoms. The molecule has 0 fully saturated rings. The van der Waals surface area contributed by atoms with Crippen LogP contribution in [0.3, 0.4) is 0 Å². The van der Waals surface area contributed by atoms with E-state index in [0.717, 1.165) is 9.87 Å². The number of furan rings is 1. The standard InChI is InChI=1S/C23H24N6O5S/c1-15-6-8-17(9-7-15)19-12-20(28(3)35(32,33)27-19)23(31)25-21-11-16(2)29(26-21)14-22(30)24-13-18-5-4-10-34-18/h4-12H,13-14H2,1-3H3,(H,24,30)(H,25,26,31). The topological polar surface area (TPSA) is 139 Å². The molecule has 3 aromatic rings. The first-order valence-electron chi connectivity index (χ1n) is 10.6. The maximum Gasteiger partial charge on any atom is 0.345 e. The van der Waals surface area contributed by atoms with Gasteiger partial charge in [0.15, 0.2) is 5.82 Å². The van der Waals surface area contributed by atoms with Gasteiger partial charge in [0.2, 0.25) is 5.91 Å². The number of benzene rings is 1. The molecule has 11 nitrogen and oxygen atoms in total. The summed E-state index contributed by atoms with van der Waals surface area (Å²) < 4.78 is 36.4. The van der Waals surface area contributed by atoms with Crippen molar-refractivity contribution in [1.82, 2.24) is 19.4 Å². The van der Waals surface area contributed by atoms with E-state index >= 15 is 0 Å². The molecule has 1 aliphatic rings. The molecule has 182 valence electrons. The van der Waals surface area contributed by atoms with Crippen LogP contribution in [0, 0.1) is 13.8 Å². The van der Waals surface area contributed by atoms with E-state index in [4.69, 9.17) is 4.42 Å². The average molecular weight is 497 g/mol. The molecule has 2 aromatic heterocycles. The summed E-state index contributed by atoms with van der Waals surface area (Å²) in [6.45, 7) is 3.83. The van der Waals surface area contributed by atoms with Crippen molar-refractivity contribution in [3.63, 3.8) is 0 Å². The number of nitrogens with zero attached hydrogens (tertiary/aromatic N) is 4. The van der Waals surface area contributed by atoms with Gasteiger partial charge in [0.1, 0.15) is 18.0 Å². The third-order valence-electron chi connectivity index (χ3n) is 5.31. The Balaban J connectivity index is 1.48. The number of aryl methyl sites for hydroxylation is 2. The van der Waals surface area contributed by atoms with Gasteiger partial charge in [0.25, 0.3) is 5.91 Å². The van der Waals surface area contributed by atoms with E-state index in [0.29, 0.717) is 17.0 Å². The van der Waals surface area contributed by atoms with Crippen LogP contribution >= 0.6 is 0 Å². The van der Waals surface area contributed by atoms with Gasteiger partial charge in [-0.1, -0.05) is 29.8 Å². The second-order valence-corrected chi connectivity index (χ2v) is 9.58. The van der Waals surface area contributed by atoms with Crippen molar-refractivity contribution in [3.8, 4) is 0 Å². The quantitative estimate of drug-likeness (QED) is 0.512. The number of amides is 2. The number of likely N-dealkylation sites (N-methyl/N-ethyl adjacent to an activating group) is 1. The molecule has 0 spiro atoms. The van der Waals surface area contributed by atoms with Crippen LogP contribution in [-0.4, -0.2) is 47.1 Å². The Morgan fingerprint density at radius 2 is 1.86 bits per heavy atom. The van der Waals surface area contributed by atoms with E-state index < -0.39 is 16.1 Å². The van der Waals surface area contributed by atoms with Crippen LogP contribution in [0.15, 0.2) is 69.3 Å². The van der Waals surface area contributed by atoms with Gasteiger partial charge >= 0.3 is 10.2 Å². The van der Waals surface area contributed by atoms with Crippen molar-refractivity contribution >= 4 is 33.6 Å². The Labute approximate surface area is 202 Å². The number of allylic oxidation sites excluding steroid dienone is 1. The normalized spacial score (nSPS) is 14.8. The van der Waals surface area contributed by atoms with Crippen molar-refractivity contribution in [1.29, 1.82) is 0 Å². The van der Waals surface area contributed by atoms with Crippen LogP contribution in [0.4, 0.5) is 5.82 Å². The average Bonchev–Trinajstić information content (AvgIpc) is 3.44. The molecule has 0 saturated carbocycles. The third kappa shape index (κ3) is 5.49. The highest BCUT2D eigenvalue weighted by molar-refractivity contribution is 7.88. The highest BCUT2D eigenvalue weighted by Gasteiger charge is 2.30. The summed E-state index contributed by atoms with van der Waals surface area (Å²) in [6.07, 6.45) is 2.93. The molecule has 4 rings (SSSR count). The summed E-state index contributed by atoms with van der Waals surface area (Å²) in [7, 11) is -2.84. The SMILES string of the molecule is Cc1ccc(C2=NS(=O)(=O)N(C)C(C(=O)Nc3cc(C)n(CC(=O)NCc4ccco4)n3)=C2)cc1. The first-order chi connectivity index (χ1) is 16.6. The molecular formula is C23H24N6O5S. The number of hydrogen-bond donors (Lipinski definition) is 2. The lowest BCUT2D eigenvalue weighted by Crippen LogP contribution is -2.35. The number of anilines is 1. The van der Waals surface area contributed by atoms with Crippen molar-refractivity contribution < 1.29 is 22.4 Å². The maximum absolute atomic E-state index is 13.0. The van der Waals surface area contributed by atoms with Gasteiger partial charge in [-0.05, 0) is 32.1 Å². The predicted molar refractivity (Wildman–Crippen MR) is 129 cm³/mol. The minimum absolute atomic E-state index is 0.0659. The first-order valence-corrected chi connectivity index (χ1v) is 12.0. The summed E-state index contributed by atoms with van der Waals surface area (Å²) in [5.41, 5.74) is 2.25. The van der Waals surface area contributed by atoms with Crippen LogP contribution in [-0.2, 0) is 32.9 Å². The second kappa shape index (κ2) is 9.58. The molecule has 0 bridgehead atoms. The van der Waals surface area contributed by atoms with Crippen LogP contribution in [0.25, 0.3) is 0 Å². The fourth-order valence-corrected chi connectivity index (χ4v) is 4.24. The van der Waals surface area contributed by atoms with Gasteiger partial charge in [-0.15, -0.1) is 4.40 Å². The zero-order chi connectivity index (χ0) is 25.2. The second-order valence-electron chi connectivity index (χ2n) is 7.96. The Kier molecular flexibility index (Phi) is 6.56. The van der Waals surface area contributed by atoms with Crippen molar-refractivity contribution in [2.75, 3.05) is 12.4 Å². The molecule has 1 aromatic carbocycles. The van der Waals surface area contributed by atoms with Gasteiger partial charge < -0.3 is 15.1 Å². The fourth-order valence-electron chi connectivity index (χ4n) is 3.33. The number of hydrogen-bond acceptors (Lipinski definition) is 6. The lowest BCUT2D eigenvalue weighted by Gasteiger charge is -2.23. The summed E-state index contributed by atoms with van der Waals surface area (Å²) in [6, 6.07) is 12.2.